The Labute approximate surface area is 68.5 Å². The second kappa shape index (κ2) is 6.58. The minimum absolute atomic E-state index is 0.0590. The second-order valence-corrected chi connectivity index (χ2v) is 2.92. The maximum absolute atomic E-state index is 9.05. The molecule has 2 unspecified atom stereocenters. The van der Waals surface area contributed by atoms with Crippen LogP contribution < -0.4 is 5.73 Å². The minimum Gasteiger partial charge on any atom is -0.392 e. The molecule has 0 aliphatic heterocycles. The summed E-state index contributed by atoms with van der Waals surface area (Å²) < 4.78 is 4.25. The molecule has 1 aliphatic carbocycles. The quantitative estimate of drug-likeness (QED) is 0.544. The topological polar surface area (TPSA) is 55.5 Å². The molecule has 0 amide bonds. The van der Waals surface area contributed by atoms with Crippen LogP contribution in [0.4, 0.5) is 0 Å². The molecule has 0 aromatic heterocycles. The predicted octanol–water partition coefficient (Wildman–Crippen LogP) is 0.511. The third-order valence-corrected chi connectivity index (χ3v) is 1.78. The summed E-state index contributed by atoms with van der Waals surface area (Å²) in [5.74, 6) is 0. The average molecular weight is 161 g/mol. The molecular weight excluding hydrogens is 142 g/mol. The summed E-state index contributed by atoms with van der Waals surface area (Å²) in [5, 5.41) is 9.05. The van der Waals surface area contributed by atoms with Gasteiger partial charge in [0.05, 0.1) is 6.10 Å². The lowest BCUT2D eigenvalue weighted by atomic mass is 9.94. The Bertz CT molecular complexity index is 78.2. The highest BCUT2D eigenvalue weighted by Gasteiger charge is 2.17. The van der Waals surface area contributed by atoms with Crippen LogP contribution in [0.15, 0.2) is 0 Å². The van der Waals surface area contributed by atoms with Gasteiger partial charge in [-0.05, 0) is 12.8 Å². The van der Waals surface area contributed by atoms with Crippen molar-refractivity contribution in [3.8, 4) is 0 Å². The molecule has 1 rings (SSSR count). The van der Waals surface area contributed by atoms with Crippen LogP contribution >= 0.6 is 0 Å². The highest BCUT2D eigenvalue weighted by Crippen LogP contribution is 2.15. The van der Waals surface area contributed by atoms with Crippen molar-refractivity contribution in [2.24, 2.45) is 5.73 Å². The molecule has 3 N–H and O–H groups in total. The molecular formula is C8H19NO2. The monoisotopic (exact) mass is 161 g/mol. The highest BCUT2D eigenvalue weighted by atomic mass is 16.4. The zero-order valence-corrected chi connectivity index (χ0v) is 7.42. The molecule has 0 saturated heterocycles. The maximum Gasteiger partial charge on any atom is 0.0691 e. The first-order valence-corrected chi connectivity index (χ1v) is 4.06. The lowest BCUT2D eigenvalue weighted by molar-refractivity contribution is 0.108. The number of aliphatic hydroxyl groups is 1. The molecule has 3 heteroatoms. The van der Waals surface area contributed by atoms with Crippen LogP contribution in [-0.2, 0) is 4.74 Å². The van der Waals surface area contributed by atoms with Crippen LogP contribution in [0.25, 0.3) is 0 Å². The molecule has 1 aliphatic rings. The van der Waals surface area contributed by atoms with Crippen molar-refractivity contribution in [2.75, 3.05) is 14.2 Å². The van der Waals surface area contributed by atoms with Gasteiger partial charge in [-0.15, -0.1) is 0 Å². The van der Waals surface area contributed by atoms with Gasteiger partial charge in [-0.2, -0.15) is 0 Å². The molecule has 0 aromatic carbocycles. The van der Waals surface area contributed by atoms with Crippen LogP contribution in [-0.4, -0.2) is 31.5 Å². The van der Waals surface area contributed by atoms with Gasteiger partial charge >= 0.3 is 0 Å². The smallest absolute Gasteiger partial charge is 0.0691 e. The van der Waals surface area contributed by atoms with Gasteiger partial charge in [-0.25, -0.2) is 0 Å². The van der Waals surface area contributed by atoms with Crippen molar-refractivity contribution in [3.05, 3.63) is 0 Å². The molecule has 11 heavy (non-hydrogen) atoms. The van der Waals surface area contributed by atoms with E-state index in [0.29, 0.717) is 0 Å². The summed E-state index contributed by atoms with van der Waals surface area (Å²) in [6, 6.07) is 0.0590. The van der Waals surface area contributed by atoms with Crippen molar-refractivity contribution >= 4 is 0 Å². The zero-order chi connectivity index (χ0) is 8.69. The Morgan fingerprint density at radius 3 is 2.00 bits per heavy atom. The number of nitrogens with two attached hydrogens (primary N) is 1. The van der Waals surface area contributed by atoms with E-state index in [9.17, 15) is 0 Å². The van der Waals surface area contributed by atoms with Crippen molar-refractivity contribution in [1.29, 1.82) is 0 Å². The van der Waals surface area contributed by atoms with Crippen molar-refractivity contribution < 1.29 is 9.84 Å². The van der Waals surface area contributed by atoms with Crippen LogP contribution in [0.3, 0.4) is 0 Å². The Morgan fingerprint density at radius 2 is 1.73 bits per heavy atom. The van der Waals surface area contributed by atoms with Crippen molar-refractivity contribution in [2.45, 2.75) is 37.8 Å². The molecule has 0 bridgehead atoms. The van der Waals surface area contributed by atoms with Gasteiger partial charge < -0.3 is 15.6 Å². The van der Waals surface area contributed by atoms with Gasteiger partial charge in [-0.3, -0.25) is 0 Å². The lowest BCUT2D eigenvalue weighted by Gasteiger charge is -2.23. The van der Waals surface area contributed by atoms with E-state index in [1.165, 1.54) is 6.42 Å². The molecule has 3 nitrogen and oxygen atoms in total. The van der Waals surface area contributed by atoms with E-state index in [1.807, 2.05) is 0 Å². The van der Waals surface area contributed by atoms with Crippen LogP contribution in [0, 0.1) is 0 Å². The van der Waals surface area contributed by atoms with E-state index >= 15 is 0 Å². The third kappa shape index (κ3) is 5.18. The van der Waals surface area contributed by atoms with E-state index in [2.05, 4.69) is 4.74 Å². The Morgan fingerprint density at radius 1 is 1.27 bits per heavy atom. The Kier molecular flexibility index (Phi) is 6.51. The largest absolute Gasteiger partial charge is 0.392 e. The summed E-state index contributed by atoms with van der Waals surface area (Å²) in [7, 11) is 3.25. The molecule has 2 atom stereocenters. The Hall–Kier alpha value is -0.120. The van der Waals surface area contributed by atoms with E-state index in [1.54, 1.807) is 14.2 Å². The number of aliphatic hydroxyl groups excluding tert-OH is 1. The molecule has 1 saturated carbocycles. The average Bonchev–Trinajstić information content (AvgIpc) is 1.97. The fraction of sp³-hybridized carbons (Fsp3) is 1.00. The normalized spacial score (nSPS) is 30.5. The standard InChI is InChI=1S/C6H13NO.C2H6O/c7-5-3-1-2-4-6(5)8;1-3-2/h5-6,8H,1-4,7H2;1-2H3. The summed E-state index contributed by atoms with van der Waals surface area (Å²) in [4.78, 5) is 0. The van der Waals surface area contributed by atoms with E-state index < -0.39 is 0 Å². The predicted molar refractivity (Wildman–Crippen MR) is 45.4 cm³/mol. The highest BCUT2D eigenvalue weighted by molar-refractivity contribution is 4.76. The van der Waals surface area contributed by atoms with Crippen LogP contribution in [0.1, 0.15) is 25.7 Å². The number of hydrogen-bond donors (Lipinski definition) is 2. The van der Waals surface area contributed by atoms with Gasteiger partial charge in [0, 0.05) is 20.3 Å². The molecule has 1 fully saturated rings. The summed E-state index contributed by atoms with van der Waals surface area (Å²) in [5.41, 5.74) is 5.53. The minimum atomic E-state index is -0.219. The first-order chi connectivity index (χ1) is 5.22. The number of rotatable bonds is 0. The van der Waals surface area contributed by atoms with E-state index in [-0.39, 0.29) is 12.1 Å². The number of ether oxygens (including phenoxy) is 1. The Balaban J connectivity index is 0.000000292. The lowest BCUT2D eigenvalue weighted by Crippen LogP contribution is -2.37. The molecule has 68 valence electrons. The zero-order valence-electron chi connectivity index (χ0n) is 7.42. The molecule has 0 radical (unpaired) electrons. The van der Waals surface area contributed by atoms with Gasteiger partial charge in [0.2, 0.25) is 0 Å². The fourth-order valence-corrected chi connectivity index (χ4v) is 1.14. The fourth-order valence-electron chi connectivity index (χ4n) is 1.14. The molecule has 0 spiro atoms. The summed E-state index contributed by atoms with van der Waals surface area (Å²) >= 11 is 0. The summed E-state index contributed by atoms with van der Waals surface area (Å²) in [6.45, 7) is 0. The summed E-state index contributed by atoms with van der Waals surface area (Å²) in [6.07, 6.45) is 4.03. The number of methoxy groups -OCH3 is 1. The van der Waals surface area contributed by atoms with Gasteiger partial charge in [0.15, 0.2) is 0 Å². The van der Waals surface area contributed by atoms with Gasteiger partial charge in [0.25, 0.3) is 0 Å². The first-order valence-electron chi connectivity index (χ1n) is 4.06. The van der Waals surface area contributed by atoms with E-state index in [0.717, 1.165) is 19.3 Å². The maximum atomic E-state index is 9.05. The number of hydrogen-bond acceptors (Lipinski definition) is 3. The second-order valence-electron chi connectivity index (χ2n) is 2.92. The molecule has 0 heterocycles. The van der Waals surface area contributed by atoms with Gasteiger partial charge in [-0.1, -0.05) is 12.8 Å². The van der Waals surface area contributed by atoms with E-state index in [4.69, 9.17) is 10.8 Å². The van der Waals surface area contributed by atoms with Crippen molar-refractivity contribution in [1.82, 2.24) is 0 Å². The van der Waals surface area contributed by atoms with Crippen LogP contribution in [0.2, 0.25) is 0 Å². The van der Waals surface area contributed by atoms with Gasteiger partial charge in [0.1, 0.15) is 0 Å². The molecule has 0 aromatic rings. The SMILES string of the molecule is COC.NC1CCCCC1O. The first kappa shape index (κ1) is 10.9. The third-order valence-electron chi connectivity index (χ3n) is 1.78. The van der Waals surface area contributed by atoms with Crippen molar-refractivity contribution in [3.63, 3.8) is 0 Å². The van der Waals surface area contributed by atoms with Crippen LogP contribution in [0.5, 0.6) is 0 Å².